The minimum absolute atomic E-state index is 0.212. The molecule has 1 aliphatic rings. The lowest BCUT2D eigenvalue weighted by Gasteiger charge is -2.40. The van der Waals surface area contributed by atoms with Gasteiger partial charge in [0, 0.05) is 13.1 Å². The highest BCUT2D eigenvalue weighted by atomic mass is 16.5. The molecule has 0 aliphatic carbocycles. The average molecular weight is 298 g/mol. The van der Waals surface area contributed by atoms with Crippen LogP contribution in [0.1, 0.15) is 46.5 Å². The molecule has 1 rings (SSSR count). The topological polar surface area (TPSA) is 58.6 Å². The third kappa shape index (κ3) is 4.99. The predicted molar refractivity (Wildman–Crippen MR) is 82.9 cm³/mol. The van der Waals surface area contributed by atoms with Crippen LogP contribution in [0.25, 0.3) is 0 Å². The molecule has 122 valence electrons. The third-order valence-electron chi connectivity index (χ3n) is 4.38. The van der Waals surface area contributed by atoms with Crippen molar-refractivity contribution in [2.24, 2.45) is 11.3 Å². The molecule has 1 saturated heterocycles. The van der Waals surface area contributed by atoms with Gasteiger partial charge >= 0.3 is 5.97 Å². The third-order valence-corrected chi connectivity index (χ3v) is 4.38. The Morgan fingerprint density at radius 3 is 2.38 bits per heavy atom. The fraction of sp³-hybridized carbons (Fsp3) is 0.875. The van der Waals surface area contributed by atoms with Gasteiger partial charge in [0.1, 0.15) is 0 Å². The fourth-order valence-corrected chi connectivity index (χ4v) is 3.00. The Morgan fingerprint density at radius 1 is 1.29 bits per heavy atom. The maximum Gasteiger partial charge on any atom is 0.307 e. The van der Waals surface area contributed by atoms with Gasteiger partial charge in [-0.25, -0.2) is 0 Å². The van der Waals surface area contributed by atoms with E-state index in [0.29, 0.717) is 19.0 Å². The number of nitrogens with one attached hydrogen (secondary N) is 1. The smallest absolute Gasteiger partial charge is 0.307 e. The van der Waals surface area contributed by atoms with Gasteiger partial charge in [0.05, 0.1) is 18.9 Å². The lowest BCUT2D eigenvalue weighted by Crippen LogP contribution is -2.50. The van der Waals surface area contributed by atoms with Gasteiger partial charge in [0.2, 0.25) is 5.91 Å². The first kappa shape index (κ1) is 18.0. The molecule has 0 spiro atoms. The van der Waals surface area contributed by atoms with Crippen LogP contribution in [-0.2, 0) is 14.3 Å². The minimum atomic E-state index is -0.257. The summed E-state index contributed by atoms with van der Waals surface area (Å²) in [5.41, 5.74) is -0.254. The number of amides is 1. The van der Waals surface area contributed by atoms with Crippen LogP contribution in [0.2, 0.25) is 0 Å². The summed E-state index contributed by atoms with van der Waals surface area (Å²) < 4.78 is 4.70. The Balaban J connectivity index is 2.79. The van der Waals surface area contributed by atoms with Crippen molar-refractivity contribution in [3.63, 3.8) is 0 Å². The second-order valence-corrected chi connectivity index (χ2v) is 6.36. The van der Waals surface area contributed by atoms with Gasteiger partial charge in [-0.3, -0.25) is 9.59 Å². The zero-order valence-electron chi connectivity index (χ0n) is 13.9. The number of esters is 1. The Kier molecular flexibility index (Phi) is 7.15. The highest BCUT2D eigenvalue weighted by molar-refractivity contribution is 5.83. The highest BCUT2D eigenvalue weighted by Gasteiger charge is 2.40. The quantitative estimate of drug-likeness (QED) is 0.728. The molecule has 5 heteroatoms. The van der Waals surface area contributed by atoms with Crippen molar-refractivity contribution in [1.82, 2.24) is 10.2 Å². The SMILES string of the molecule is CCC1(C(=O)N(CCC(=O)OC)CC(C)C)CCNCC1. The van der Waals surface area contributed by atoms with Crippen LogP contribution in [0, 0.1) is 11.3 Å². The summed E-state index contributed by atoms with van der Waals surface area (Å²) in [4.78, 5) is 26.3. The molecule has 1 fully saturated rings. The molecule has 5 nitrogen and oxygen atoms in total. The number of hydrogen-bond acceptors (Lipinski definition) is 4. The molecule has 21 heavy (non-hydrogen) atoms. The van der Waals surface area contributed by atoms with Crippen LogP contribution in [0.5, 0.6) is 0 Å². The van der Waals surface area contributed by atoms with Crippen molar-refractivity contribution in [1.29, 1.82) is 0 Å². The summed E-state index contributed by atoms with van der Waals surface area (Å²) in [6.45, 7) is 9.23. The van der Waals surface area contributed by atoms with E-state index in [-0.39, 0.29) is 23.7 Å². The number of hydrogen-bond donors (Lipinski definition) is 1. The van der Waals surface area contributed by atoms with Gasteiger partial charge in [-0.15, -0.1) is 0 Å². The largest absolute Gasteiger partial charge is 0.469 e. The second kappa shape index (κ2) is 8.37. The first-order chi connectivity index (χ1) is 9.95. The van der Waals surface area contributed by atoms with Crippen molar-refractivity contribution < 1.29 is 14.3 Å². The molecule has 0 atom stereocenters. The normalized spacial score (nSPS) is 17.6. The van der Waals surface area contributed by atoms with E-state index < -0.39 is 0 Å². The van der Waals surface area contributed by atoms with E-state index in [0.717, 1.165) is 32.4 Å². The van der Waals surface area contributed by atoms with Crippen molar-refractivity contribution >= 4 is 11.9 Å². The number of piperidine rings is 1. The second-order valence-electron chi connectivity index (χ2n) is 6.36. The Bertz CT molecular complexity index is 349. The zero-order chi connectivity index (χ0) is 15.9. The molecule has 1 amide bonds. The van der Waals surface area contributed by atoms with Crippen LogP contribution < -0.4 is 5.32 Å². The summed E-state index contributed by atoms with van der Waals surface area (Å²) in [6.07, 6.45) is 2.90. The van der Waals surface area contributed by atoms with Gasteiger partial charge in [0.25, 0.3) is 0 Å². The summed E-state index contributed by atoms with van der Waals surface area (Å²) >= 11 is 0. The molecule has 0 radical (unpaired) electrons. The number of rotatable bonds is 7. The van der Waals surface area contributed by atoms with Crippen LogP contribution in [-0.4, -0.2) is 50.1 Å². The molecule has 1 heterocycles. The summed E-state index contributed by atoms with van der Waals surface area (Å²) in [6, 6.07) is 0. The fourth-order valence-electron chi connectivity index (χ4n) is 3.00. The van der Waals surface area contributed by atoms with E-state index in [9.17, 15) is 9.59 Å². The summed E-state index contributed by atoms with van der Waals surface area (Å²) in [5, 5.41) is 3.32. The standard InChI is InChI=1S/C16H30N2O3/c1-5-16(7-9-17-10-8-16)15(20)18(12-13(2)3)11-6-14(19)21-4/h13,17H,5-12H2,1-4H3. The molecule has 0 bridgehead atoms. The first-order valence-corrected chi connectivity index (χ1v) is 8.02. The van der Waals surface area contributed by atoms with Gasteiger partial charge < -0.3 is 15.0 Å². The van der Waals surface area contributed by atoms with Crippen molar-refractivity contribution in [2.75, 3.05) is 33.3 Å². The van der Waals surface area contributed by atoms with Crippen LogP contribution in [0.15, 0.2) is 0 Å². The molecule has 0 aromatic rings. The molecular formula is C16H30N2O3. The van der Waals surface area contributed by atoms with Crippen molar-refractivity contribution in [3.8, 4) is 0 Å². The number of carbonyl (C=O) groups is 2. The molecule has 1 aliphatic heterocycles. The van der Waals surface area contributed by atoms with Crippen LogP contribution in [0.4, 0.5) is 0 Å². The molecular weight excluding hydrogens is 268 g/mol. The predicted octanol–water partition coefficient (Wildman–Crippen LogP) is 1.81. The lowest BCUT2D eigenvalue weighted by molar-refractivity contribution is -0.147. The molecule has 0 unspecified atom stereocenters. The van der Waals surface area contributed by atoms with E-state index in [1.54, 1.807) is 0 Å². The molecule has 0 aromatic carbocycles. The number of ether oxygens (including phenoxy) is 1. The molecule has 1 N–H and O–H groups in total. The van der Waals surface area contributed by atoms with Crippen molar-refractivity contribution in [2.45, 2.75) is 46.5 Å². The maximum atomic E-state index is 13.0. The first-order valence-electron chi connectivity index (χ1n) is 8.02. The summed E-state index contributed by atoms with van der Waals surface area (Å²) in [5.74, 6) is 0.346. The number of nitrogens with zero attached hydrogens (tertiary/aromatic N) is 1. The van der Waals surface area contributed by atoms with E-state index >= 15 is 0 Å². The highest BCUT2D eigenvalue weighted by Crippen LogP contribution is 2.35. The van der Waals surface area contributed by atoms with Gasteiger partial charge in [-0.2, -0.15) is 0 Å². The molecule has 0 aromatic heterocycles. The molecule has 0 saturated carbocycles. The monoisotopic (exact) mass is 298 g/mol. The maximum absolute atomic E-state index is 13.0. The Labute approximate surface area is 128 Å². The zero-order valence-corrected chi connectivity index (χ0v) is 13.9. The summed E-state index contributed by atoms with van der Waals surface area (Å²) in [7, 11) is 1.39. The van der Waals surface area contributed by atoms with E-state index in [1.807, 2.05) is 4.90 Å². The lowest BCUT2D eigenvalue weighted by atomic mass is 9.75. The van der Waals surface area contributed by atoms with Gasteiger partial charge in [-0.05, 0) is 38.3 Å². The van der Waals surface area contributed by atoms with Crippen LogP contribution >= 0.6 is 0 Å². The Morgan fingerprint density at radius 2 is 1.90 bits per heavy atom. The average Bonchev–Trinajstić information content (AvgIpc) is 2.50. The van der Waals surface area contributed by atoms with E-state index in [2.05, 4.69) is 26.1 Å². The minimum Gasteiger partial charge on any atom is -0.469 e. The number of carbonyl (C=O) groups excluding carboxylic acids is 2. The van der Waals surface area contributed by atoms with E-state index in [4.69, 9.17) is 4.74 Å². The number of methoxy groups -OCH3 is 1. The van der Waals surface area contributed by atoms with Crippen molar-refractivity contribution in [3.05, 3.63) is 0 Å². The van der Waals surface area contributed by atoms with E-state index in [1.165, 1.54) is 7.11 Å². The van der Waals surface area contributed by atoms with Crippen LogP contribution in [0.3, 0.4) is 0 Å². The Hall–Kier alpha value is -1.10. The van der Waals surface area contributed by atoms with Gasteiger partial charge in [-0.1, -0.05) is 20.8 Å². The van der Waals surface area contributed by atoms with Gasteiger partial charge in [0.15, 0.2) is 0 Å².